The average Bonchev–Trinajstić information content (AvgIpc) is 3.48. The van der Waals surface area contributed by atoms with Crippen LogP contribution in [-0.4, -0.2) is 34.2 Å². The molecule has 174 valence electrons. The molecule has 0 saturated heterocycles. The maximum Gasteiger partial charge on any atom is 0.252 e. The minimum atomic E-state index is -3.60. The Balaban J connectivity index is 1.73. The molecule has 0 aliphatic heterocycles. The van der Waals surface area contributed by atoms with Gasteiger partial charge in [0.25, 0.3) is 5.56 Å². The van der Waals surface area contributed by atoms with Crippen molar-refractivity contribution < 1.29 is 18.3 Å². The van der Waals surface area contributed by atoms with E-state index < -0.39 is 32.6 Å². The Labute approximate surface area is 195 Å². The van der Waals surface area contributed by atoms with Crippen molar-refractivity contribution >= 4 is 32.2 Å². The summed E-state index contributed by atoms with van der Waals surface area (Å²) in [6.07, 6.45) is 4.67. The number of aromatic hydroxyl groups is 1. The van der Waals surface area contributed by atoms with Crippen molar-refractivity contribution in [3.8, 4) is 5.75 Å². The summed E-state index contributed by atoms with van der Waals surface area (Å²) in [5, 5.41) is 14.0. The highest BCUT2D eigenvalue weighted by molar-refractivity contribution is 7.92. The summed E-state index contributed by atoms with van der Waals surface area (Å²) in [7, 11) is -3.60. The first-order valence-corrected chi connectivity index (χ1v) is 13.1. The molecule has 1 fully saturated rings. The average molecular weight is 488 g/mol. The van der Waals surface area contributed by atoms with Gasteiger partial charge in [0, 0.05) is 29.8 Å². The molecule has 1 unspecified atom stereocenters. The molecule has 2 aromatic heterocycles. The Bertz CT molecular complexity index is 1290. The number of nitrogens with one attached hydrogen (secondary N) is 1. The molecule has 8 nitrogen and oxygen atoms in total. The number of phenols is 1. The van der Waals surface area contributed by atoms with Gasteiger partial charge in [-0.3, -0.25) is 9.59 Å². The first-order valence-electron chi connectivity index (χ1n) is 10.7. The van der Waals surface area contributed by atoms with Crippen LogP contribution in [-0.2, 0) is 21.1 Å². The largest absolute Gasteiger partial charge is 0.508 e. The van der Waals surface area contributed by atoms with Gasteiger partial charge in [0.15, 0.2) is 15.0 Å². The predicted molar refractivity (Wildman–Crippen MR) is 126 cm³/mol. The van der Waals surface area contributed by atoms with Gasteiger partial charge >= 0.3 is 0 Å². The van der Waals surface area contributed by atoms with Crippen molar-refractivity contribution in [2.24, 2.45) is 0 Å². The van der Waals surface area contributed by atoms with Gasteiger partial charge in [0.2, 0.25) is 5.91 Å². The Morgan fingerprint density at radius 3 is 2.55 bits per heavy atom. The van der Waals surface area contributed by atoms with Crippen LogP contribution in [0.25, 0.3) is 0 Å². The normalized spacial score (nSPS) is 15.4. The second kappa shape index (κ2) is 9.48. The molecule has 10 heteroatoms. The Morgan fingerprint density at radius 2 is 1.94 bits per heavy atom. The molecule has 1 aromatic carbocycles. The third kappa shape index (κ3) is 5.01. The lowest BCUT2D eigenvalue weighted by atomic mass is 10.0. The second-order valence-electron chi connectivity index (χ2n) is 8.21. The number of sulfone groups is 1. The summed E-state index contributed by atoms with van der Waals surface area (Å²) in [5.74, 6) is -0.341. The number of carbonyl (C=O) groups excluding carboxylic acids is 1. The number of amides is 1. The zero-order valence-corrected chi connectivity index (χ0v) is 19.7. The number of anilines is 1. The maximum atomic E-state index is 13.2. The van der Waals surface area contributed by atoms with Crippen molar-refractivity contribution in [2.75, 3.05) is 5.32 Å². The van der Waals surface area contributed by atoms with Gasteiger partial charge in [-0.25, -0.2) is 13.4 Å². The number of benzene rings is 1. The van der Waals surface area contributed by atoms with Gasteiger partial charge in [-0.1, -0.05) is 25.0 Å². The van der Waals surface area contributed by atoms with E-state index in [1.165, 1.54) is 34.1 Å². The first kappa shape index (κ1) is 23.2. The lowest BCUT2D eigenvalue weighted by molar-refractivity contribution is -0.119. The van der Waals surface area contributed by atoms with E-state index in [1.54, 1.807) is 30.6 Å². The standard InChI is InChI=1S/C23H25N3O5S2/c1-15-12-19(33(30,31)18-4-2-3-5-18)14-21(28)26(15)20(13-16-6-8-17(27)9-7-16)22(29)25-23-24-10-11-32-23/h6-12,14,18,20,27H,2-5,13H2,1H3,(H,24,25,29). The van der Waals surface area contributed by atoms with Crippen LogP contribution in [0.1, 0.15) is 43.0 Å². The molecule has 1 amide bonds. The van der Waals surface area contributed by atoms with Crippen LogP contribution < -0.4 is 10.9 Å². The van der Waals surface area contributed by atoms with Gasteiger partial charge in [0.1, 0.15) is 11.8 Å². The monoisotopic (exact) mass is 487 g/mol. The number of hydrogen-bond acceptors (Lipinski definition) is 7. The van der Waals surface area contributed by atoms with Crippen LogP contribution in [0.3, 0.4) is 0 Å². The lowest BCUT2D eigenvalue weighted by Crippen LogP contribution is -2.36. The van der Waals surface area contributed by atoms with Gasteiger partial charge < -0.3 is 15.0 Å². The van der Waals surface area contributed by atoms with E-state index in [9.17, 15) is 23.1 Å². The Hall–Kier alpha value is -2.98. The van der Waals surface area contributed by atoms with E-state index in [-0.39, 0.29) is 17.1 Å². The summed E-state index contributed by atoms with van der Waals surface area (Å²) in [6.45, 7) is 1.63. The number of rotatable bonds is 7. The molecule has 1 saturated carbocycles. The number of pyridine rings is 1. The number of nitrogens with zero attached hydrogens (tertiary/aromatic N) is 2. The highest BCUT2D eigenvalue weighted by Crippen LogP contribution is 2.30. The van der Waals surface area contributed by atoms with Crippen molar-refractivity contribution in [3.63, 3.8) is 0 Å². The van der Waals surface area contributed by atoms with Gasteiger partial charge in [-0.05, 0) is 43.5 Å². The molecule has 3 aromatic rings. The Kier molecular flexibility index (Phi) is 6.66. The summed E-state index contributed by atoms with van der Waals surface area (Å²) in [4.78, 5) is 30.5. The SMILES string of the molecule is Cc1cc(S(=O)(=O)C2CCCC2)cc(=O)n1C(Cc1ccc(O)cc1)C(=O)Nc1nccs1. The molecular formula is C23H25N3O5S2. The van der Waals surface area contributed by atoms with E-state index >= 15 is 0 Å². The number of hydrogen-bond donors (Lipinski definition) is 2. The van der Waals surface area contributed by atoms with E-state index in [2.05, 4.69) is 10.3 Å². The number of aryl methyl sites for hydroxylation is 1. The zero-order valence-electron chi connectivity index (χ0n) is 18.1. The smallest absolute Gasteiger partial charge is 0.252 e. The van der Waals surface area contributed by atoms with Crippen molar-refractivity contribution in [2.45, 2.75) is 55.2 Å². The van der Waals surface area contributed by atoms with Crippen molar-refractivity contribution in [3.05, 3.63) is 69.6 Å². The van der Waals surface area contributed by atoms with Crippen LogP contribution in [0.5, 0.6) is 5.75 Å². The first-order chi connectivity index (χ1) is 15.8. The summed E-state index contributed by atoms with van der Waals surface area (Å²) < 4.78 is 27.4. The second-order valence-corrected chi connectivity index (χ2v) is 11.3. The Morgan fingerprint density at radius 1 is 1.24 bits per heavy atom. The molecular weight excluding hydrogens is 462 g/mol. The summed E-state index contributed by atoms with van der Waals surface area (Å²) in [6, 6.07) is 8.05. The number of carbonyl (C=O) groups is 1. The maximum absolute atomic E-state index is 13.2. The minimum Gasteiger partial charge on any atom is -0.508 e. The quantitative estimate of drug-likeness (QED) is 0.527. The highest BCUT2D eigenvalue weighted by Gasteiger charge is 2.32. The van der Waals surface area contributed by atoms with Crippen molar-refractivity contribution in [1.82, 2.24) is 9.55 Å². The van der Waals surface area contributed by atoms with Crippen LogP contribution in [0.15, 0.2) is 57.7 Å². The topological polar surface area (TPSA) is 118 Å². The molecule has 2 N–H and O–H groups in total. The highest BCUT2D eigenvalue weighted by atomic mass is 32.2. The molecule has 0 spiro atoms. The van der Waals surface area contributed by atoms with Crippen LogP contribution in [0.2, 0.25) is 0 Å². The number of aromatic nitrogens is 2. The molecule has 1 aliphatic carbocycles. The molecule has 4 rings (SSSR count). The van der Waals surface area contributed by atoms with Gasteiger partial charge in [0.05, 0.1) is 10.1 Å². The fourth-order valence-corrected chi connectivity index (χ4v) is 6.74. The number of phenolic OH excluding ortho intramolecular Hbond substituents is 1. The van der Waals surface area contributed by atoms with Gasteiger partial charge in [-0.2, -0.15) is 0 Å². The van der Waals surface area contributed by atoms with Crippen LogP contribution >= 0.6 is 11.3 Å². The van der Waals surface area contributed by atoms with Gasteiger partial charge in [-0.15, -0.1) is 11.3 Å². The zero-order chi connectivity index (χ0) is 23.6. The molecule has 33 heavy (non-hydrogen) atoms. The van der Waals surface area contributed by atoms with Crippen LogP contribution in [0.4, 0.5) is 5.13 Å². The molecule has 1 atom stereocenters. The molecule has 0 radical (unpaired) electrons. The predicted octanol–water partition coefficient (Wildman–Crippen LogP) is 3.46. The summed E-state index contributed by atoms with van der Waals surface area (Å²) in [5.41, 5.74) is 0.572. The molecule has 1 aliphatic rings. The molecule has 2 heterocycles. The summed E-state index contributed by atoms with van der Waals surface area (Å²) >= 11 is 1.26. The van der Waals surface area contributed by atoms with E-state index in [0.29, 0.717) is 23.7 Å². The van der Waals surface area contributed by atoms with Crippen LogP contribution in [0, 0.1) is 6.92 Å². The minimum absolute atomic E-state index is 0.0110. The van der Waals surface area contributed by atoms with E-state index in [0.717, 1.165) is 24.5 Å². The third-order valence-corrected chi connectivity index (χ3v) is 8.88. The number of thiazole rings is 1. The fraction of sp³-hybridized carbons (Fsp3) is 0.348. The van der Waals surface area contributed by atoms with E-state index in [1.807, 2.05) is 0 Å². The van der Waals surface area contributed by atoms with E-state index in [4.69, 9.17) is 0 Å². The molecule has 0 bridgehead atoms. The lowest BCUT2D eigenvalue weighted by Gasteiger charge is -2.22. The van der Waals surface area contributed by atoms with Crippen molar-refractivity contribution in [1.29, 1.82) is 0 Å². The third-order valence-electron chi connectivity index (χ3n) is 5.95. The fourth-order valence-electron chi connectivity index (χ4n) is 4.27.